The second-order valence-electron chi connectivity index (χ2n) is 14.3. The second-order valence-corrected chi connectivity index (χ2v) is 16.1. The van der Waals surface area contributed by atoms with Crippen LogP contribution in [0.1, 0.15) is 72.2 Å². The molecule has 1 saturated heterocycles. The quantitative estimate of drug-likeness (QED) is 0.0944. The van der Waals surface area contributed by atoms with Gasteiger partial charge in [-0.3, -0.25) is 9.78 Å². The molecule has 0 radical (unpaired) electrons. The number of carbonyl (C=O) groups is 3. The predicted octanol–water partition coefficient (Wildman–Crippen LogP) is 5.74. The molecule has 4 amide bonds. The number of hydrogen-bond donors (Lipinski definition) is 4. The normalized spacial score (nSPS) is 16.1. The summed E-state index contributed by atoms with van der Waals surface area (Å²) in [5.74, 6) is 0.0287. The molecule has 2 aromatic heterocycles. The van der Waals surface area contributed by atoms with Gasteiger partial charge in [0.25, 0.3) is 0 Å². The van der Waals surface area contributed by atoms with Crippen molar-refractivity contribution in [2.45, 2.75) is 95.7 Å². The lowest BCUT2D eigenvalue weighted by atomic mass is 9.95. The lowest BCUT2D eigenvalue weighted by Gasteiger charge is -2.28. The smallest absolute Gasteiger partial charge is 0.407 e. The number of rotatable bonds is 19. The van der Waals surface area contributed by atoms with Crippen LogP contribution in [0.5, 0.6) is 0 Å². The summed E-state index contributed by atoms with van der Waals surface area (Å²) in [5.41, 5.74) is 4.65. The number of nitrogens with zero attached hydrogens (tertiary/aromatic N) is 4. The predicted molar refractivity (Wildman–Crippen MR) is 212 cm³/mol. The summed E-state index contributed by atoms with van der Waals surface area (Å²) in [6.07, 6.45) is 4.15. The van der Waals surface area contributed by atoms with Gasteiger partial charge in [-0.15, -0.1) is 22.7 Å². The third kappa shape index (κ3) is 13.5. The van der Waals surface area contributed by atoms with Gasteiger partial charge in [-0.2, -0.15) is 0 Å². The van der Waals surface area contributed by atoms with Crippen molar-refractivity contribution in [1.29, 1.82) is 0 Å². The molecule has 54 heavy (non-hydrogen) atoms. The summed E-state index contributed by atoms with van der Waals surface area (Å²) in [5, 5.41) is 22.4. The molecule has 4 N–H and O–H groups in total. The van der Waals surface area contributed by atoms with Gasteiger partial charge in [-0.05, 0) is 49.7 Å². The molecule has 0 aliphatic carbocycles. The first-order chi connectivity index (χ1) is 26.1. The standard InChI is InChI=1S/C40H53N7O5S2/c1-28(2)38-43-33(26-53-38)23-46(3)39(50)45-36(17-19-47-18-16-34(48)24-47)37(49)42-31(20-29-10-6-4-7-11-29)14-15-32(21-30-12-8-5-9-13-30)44-40(51)52-25-35-22-41-27-54-35/h4-13,22,26-28,31-32,34,36,48H,14-21,23-25H2,1-3H3,(H,42,49)(H,44,51)(H,45,50). The third-order valence-electron chi connectivity index (χ3n) is 9.42. The number of aliphatic hydroxyl groups excluding tert-OH is 1. The number of nitrogens with one attached hydrogen (secondary N) is 3. The van der Waals surface area contributed by atoms with Crippen molar-refractivity contribution in [3.8, 4) is 0 Å². The molecule has 4 aromatic rings. The van der Waals surface area contributed by atoms with Crippen LogP contribution in [0.3, 0.4) is 0 Å². The number of carbonyl (C=O) groups excluding carboxylic acids is 3. The molecule has 12 nitrogen and oxygen atoms in total. The van der Waals surface area contributed by atoms with Crippen LogP contribution in [-0.4, -0.2) is 93.8 Å². The van der Waals surface area contributed by atoms with Crippen molar-refractivity contribution in [2.24, 2.45) is 0 Å². The average Bonchev–Trinajstić information content (AvgIpc) is 3.95. The van der Waals surface area contributed by atoms with Crippen molar-refractivity contribution in [1.82, 2.24) is 35.7 Å². The minimum absolute atomic E-state index is 0.142. The van der Waals surface area contributed by atoms with E-state index in [9.17, 15) is 19.5 Å². The highest BCUT2D eigenvalue weighted by atomic mass is 32.1. The Balaban J connectivity index is 1.28. The molecule has 4 unspecified atom stereocenters. The molecule has 3 heterocycles. The minimum atomic E-state index is -0.808. The van der Waals surface area contributed by atoms with Gasteiger partial charge in [0.1, 0.15) is 12.6 Å². The Hall–Kier alpha value is -4.37. The molecular formula is C40H53N7O5S2. The molecule has 5 rings (SSSR count). The Morgan fingerprint density at radius 3 is 2.19 bits per heavy atom. The molecule has 4 atom stereocenters. The van der Waals surface area contributed by atoms with Crippen LogP contribution in [0.2, 0.25) is 0 Å². The summed E-state index contributed by atoms with van der Waals surface area (Å²) >= 11 is 3.01. The third-order valence-corrected chi connectivity index (χ3v) is 11.4. The van der Waals surface area contributed by atoms with Crippen molar-refractivity contribution in [3.63, 3.8) is 0 Å². The Labute approximate surface area is 326 Å². The van der Waals surface area contributed by atoms with E-state index in [1.807, 2.05) is 66.0 Å². The minimum Gasteiger partial charge on any atom is -0.444 e. The van der Waals surface area contributed by atoms with Crippen LogP contribution in [0.25, 0.3) is 0 Å². The Bertz CT molecular complexity index is 1720. The maximum absolute atomic E-state index is 14.2. The molecule has 0 spiro atoms. The van der Waals surface area contributed by atoms with E-state index >= 15 is 0 Å². The molecule has 14 heteroatoms. The van der Waals surface area contributed by atoms with E-state index in [1.54, 1.807) is 35.0 Å². The summed E-state index contributed by atoms with van der Waals surface area (Å²) in [4.78, 5) is 54.0. The fourth-order valence-electron chi connectivity index (χ4n) is 6.44. The van der Waals surface area contributed by atoms with Crippen molar-refractivity contribution in [2.75, 3.05) is 26.7 Å². The molecule has 1 aliphatic heterocycles. The first-order valence-corrected chi connectivity index (χ1v) is 20.4. The molecule has 290 valence electrons. The van der Waals surface area contributed by atoms with E-state index in [4.69, 9.17) is 4.74 Å². The zero-order valence-corrected chi connectivity index (χ0v) is 33.0. The van der Waals surface area contributed by atoms with E-state index in [2.05, 4.69) is 44.7 Å². The first-order valence-electron chi connectivity index (χ1n) is 18.7. The van der Waals surface area contributed by atoms with Gasteiger partial charge in [0, 0.05) is 56.3 Å². The topological polar surface area (TPSA) is 149 Å². The average molecular weight is 776 g/mol. The Kier molecular flexibility index (Phi) is 15.8. The number of aliphatic hydroxyl groups is 1. The largest absolute Gasteiger partial charge is 0.444 e. The first kappa shape index (κ1) is 40.8. The summed E-state index contributed by atoms with van der Waals surface area (Å²) < 4.78 is 5.52. The van der Waals surface area contributed by atoms with E-state index in [-0.39, 0.29) is 36.7 Å². The van der Waals surface area contributed by atoms with Gasteiger partial charge in [0.2, 0.25) is 5.91 Å². The fourth-order valence-corrected chi connectivity index (χ4v) is 7.77. The number of β-amino-alcohol motifs (C(OH)–C–C–N with tert-alkyl or cyclic N) is 1. The number of thiazole rings is 2. The number of amides is 4. The molecular weight excluding hydrogens is 723 g/mol. The maximum atomic E-state index is 14.2. The maximum Gasteiger partial charge on any atom is 0.407 e. The number of alkyl carbamates (subject to hydrolysis) is 1. The van der Waals surface area contributed by atoms with Crippen LogP contribution < -0.4 is 16.0 Å². The highest BCUT2D eigenvalue weighted by Gasteiger charge is 2.28. The van der Waals surface area contributed by atoms with Crippen molar-refractivity contribution >= 4 is 40.7 Å². The number of hydrogen-bond acceptors (Lipinski definition) is 10. The molecule has 1 aliphatic rings. The Morgan fingerprint density at radius 2 is 1.61 bits per heavy atom. The van der Waals surface area contributed by atoms with Gasteiger partial charge in [-0.25, -0.2) is 14.6 Å². The van der Waals surface area contributed by atoms with Gasteiger partial charge in [0.05, 0.1) is 33.7 Å². The van der Waals surface area contributed by atoms with Gasteiger partial charge in [0.15, 0.2) is 0 Å². The second kappa shape index (κ2) is 20.9. The lowest BCUT2D eigenvalue weighted by molar-refractivity contribution is -0.124. The van der Waals surface area contributed by atoms with E-state index in [1.165, 1.54) is 11.3 Å². The molecule has 0 bridgehead atoms. The van der Waals surface area contributed by atoms with E-state index < -0.39 is 12.1 Å². The number of aromatic nitrogens is 2. The zero-order valence-electron chi connectivity index (χ0n) is 31.4. The number of likely N-dealkylation sites (tertiary alicyclic amines) is 1. The monoisotopic (exact) mass is 775 g/mol. The fraction of sp³-hybridized carbons (Fsp3) is 0.475. The number of benzene rings is 2. The highest BCUT2D eigenvalue weighted by Crippen LogP contribution is 2.20. The van der Waals surface area contributed by atoms with Crippen LogP contribution in [0.4, 0.5) is 9.59 Å². The van der Waals surface area contributed by atoms with E-state index in [0.29, 0.717) is 64.1 Å². The van der Waals surface area contributed by atoms with Gasteiger partial charge in [-0.1, -0.05) is 74.5 Å². The van der Waals surface area contributed by atoms with Crippen LogP contribution in [0, 0.1) is 0 Å². The van der Waals surface area contributed by atoms with Crippen molar-refractivity contribution < 1.29 is 24.2 Å². The van der Waals surface area contributed by atoms with Crippen LogP contribution in [0.15, 0.2) is 77.8 Å². The highest BCUT2D eigenvalue weighted by molar-refractivity contribution is 7.09. The van der Waals surface area contributed by atoms with E-state index in [0.717, 1.165) is 33.3 Å². The molecule has 1 fully saturated rings. The SMILES string of the molecule is CC(C)c1nc(CN(C)C(=O)NC(CCN2CCC(O)C2)C(=O)NC(CCC(Cc2ccccc2)NC(=O)OCc2cncs2)Cc2ccccc2)cs1. The number of urea groups is 1. The molecule has 2 aromatic carbocycles. The molecule has 0 saturated carbocycles. The lowest BCUT2D eigenvalue weighted by Crippen LogP contribution is -2.53. The summed E-state index contributed by atoms with van der Waals surface area (Å²) in [7, 11) is 1.70. The van der Waals surface area contributed by atoms with Crippen molar-refractivity contribution in [3.05, 3.63) is 104 Å². The van der Waals surface area contributed by atoms with Crippen LogP contribution in [-0.2, 0) is 35.5 Å². The number of ether oxygens (including phenoxy) is 1. The van der Waals surface area contributed by atoms with Gasteiger partial charge < -0.3 is 35.6 Å². The summed E-state index contributed by atoms with van der Waals surface area (Å²) in [6.45, 7) is 6.48. The van der Waals surface area contributed by atoms with Crippen LogP contribution >= 0.6 is 22.7 Å². The van der Waals surface area contributed by atoms with Gasteiger partial charge >= 0.3 is 12.1 Å². The zero-order chi connectivity index (χ0) is 38.3. The summed E-state index contributed by atoms with van der Waals surface area (Å²) in [6, 6.07) is 18.2. The Morgan fingerprint density at radius 1 is 0.944 bits per heavy atom.